The standard InChI is InChI=1S/C65H62BN2S/c1-40-34-44(42-20-14-11-15-21-42)26-29-56(40)68-57-39-53-51(63(4,5)31-33-65(53,8)9)37-54(57)66-59-48(35-49-46-22-16-17-23-58(46)69-61(49)60(59)68)47-36-50-52(64(6,7)32-30-62(50,2)3)38-55(47)67-45-27-24-43(25-28-45)41-18-12-10-13-19-41/h10-29,34-39,67H,30-33H2,1-9H3. The van der Waals surface area contributed by atoms with Crippen molar-refractivity contribution in [3.05, 3.63) is 186 Å². The van der Waals surface area contributed by atoms with E-state index in [2.05, 4.69) is 238 Å². The van der Waals surface area contributed by atoms with Gasteiger partial charge in [0.25, 0.3) is 0 Å². The number of nitrogens with one attached hydrogen (secondary N) is 1. The van der Waals surface area contributed by atoms with Gasteiger partial charge in [-0.3, -0.25) is 0 Å². The molecule has 0 saturated carbocycles. The molecule has 9 aromatic rings. The molecule has 2 nitrogen and oxygen atoms in total. The van der Waals surface area contributed by atoms with Crippen LogP contribution in [0.15, 0.2) is 158 Å². The summed E-state index contributed by atoms with van der Waals surface area (Å²) in [4.78, 5) is 2.68. The normalized spacial score (nSPS) is 17.1. The van der Waals surface area contributed by atoms with E-state index in [1.165, 1.54) is 116 Å². The van der Waals surface area contributed by atoms with Gasteiger partial charge in [0.1, 0.15) is 0 Å². The molecule has 1 radical (unpaired) electrons. The third-order valence-corrected chi connectivity index (χ3v) is 17.7. The molecule has 2 aliphatic carbocycles. The average Bonchev–Trinajstić information content (AvgIpc) is 3.72. The van der Waals surface area contributed by atoms with Gasteiger partial charge >= 0.3 is 0 Å². The minimum atomic E-state index is 0.0200. The second-order valence-electron chi connectivity index (χ2n) is 23.0. The molecule has 1 aliphatic heterocycles. The van der Waals surface area contributed by atoms with E-state index in [9.17, 15) is 0 Å². The molecule has 1 N–H and O–H groups in total. The summed E-state index contributed by atoms with van der Waals surface area (Å²) in [5, 5.41) is 6.69. The van der Waals surface area contributed by atoms with Gasteiger partial charge in [-0.15, -0.1) is 11.3 Å². The number of benzene rings is 8. The van der Waals surface area contributed by atoms with Crippen LogP contribution >= 0.6 is 11.3 Å². The van der Waals surface area contributed by atoms with Crippen molar-refractivity contribution in [2.24, 2.45) is 0 Å². The van der Waals surface area contributed by atoms with E-state index in [4.69, 9.17) is 0 Å². The summed E-state index contributed by atoms with van der Waals surface area (Å²) < 4.78 is 2.64. The highest BCUT2D eigenvalue weighted by Crippen LogP contribution is 2.54. The van der Waals surface area contributed by atoms with Gasteiger partial charge in [-0.05, 0) is 170 Å². The third kappa shape index (κ3) is 7.27. The third-order valence-electron chi connectivity index (χ3n) is 16.5. The Labute approximate surface area is 414 Å². The molecule has 0 spiro atoms. The van der Waals surface area contributed by atoms with Crippen LogP contribution in [0.2, 0.25) is 0 Å². The largest absolute Gasteiger partial charge is 0.355 e. The SMILES string of the molecule is Cc1cc(-c2ccccc2)ccc1N1c2cc3c(cc2[B]c2c(-c4cc5c(cc4Nc4ccc(-c6ccccc6)cc4)C(C)(C)CCC5(C)C)cc4c(sc5ccccc54)c21)C(C)(C)CCC3(C)C. The zero-order valence-electron chi connectivity index (χ0n) is 41.8. The van der Waals surface area contributed by atoms with E-state index >= 15 is 0 Å². The van der Waals surface area contributed by atoms with Crippen molar-refractivity contribution < 1.29 is 0 Å². The molecule has 0 amide bonds. The molecule has 4 heteroatoms. The predicted molar refractivity (Wildman–Crippen MR) is 300 cm³/mol. The lowest BCUT2D eigenvalue weighted by Gasteiger charge is -2.45. The summed E-state index contributed by atoms with van der Waals surface area (Å²) in [7, 11) is 2.57. The summed E-state index contributed by atoms with van der Waals surface area (Å²) in [6.07, 6.45) is 4.63. The fourth-order valence-corrected chi connectivity index (χ4v) is 13.3. The zero-order chi connectivity index (χ0) is 47.6. The molecule has 341 valence electrons. The summed E-state index contributed by atoms with van der Waals surface area (Å²) in [6.45, 7) is 22.0. The van der Waals surface area contributed by atoms with Gasteiger partial charge < -0.3 is 10.2 Å². The molecule has 2 heterocycles. The second kappa shape index (κ2) is 15.8. The van der Waals surface area contributed by atoms with Crippen LogP contribution in [0.4, 0.5) is 28.4 Å². The van der Waals surface area contributed by atoms with Crippen LogP contribution in [-0.4, -0.2) is 7.28 Å². The van der Waals surface area contributed by atoms with E-state index in [0.717, 1.165) is 30.6 Å². The molecule has 0 bridgehead atoms. The molecule has 8 aromatic carbocycles. The van der Waals surface area contributed by atoms with Crippen molar-refractivity contribution in [2.75, 3.05) is 10.2 Å². The second-order valence-corrected chi connectivity index (χ2v) is 24.1. The van der Waals surface area contributed by atoms with Gasteiger partial charge in [0.05, 0.1) is 10.4 Å². The predicted octanol–water partition coefficient (Wildman–Crippen LogP) is 17.2. The molecule has 12 rings (SSSR count). The summed E-state index contributed by atoms with van der Waals surface area (Å²) in [5.41, 5.74) is 23.3. The van der Waals surface area contributed by atoms with E-state index in [-0.39, 0.29) is 21.7 Å². The van der Waals surface area contributed by atoms with Crippen molar-refractivity contribution in [2.45, 2.75) is 110 Å². The highest BCUT2D eigenvalue weighted by atomic mass is 32.1. The number of rotatable bonds is 6. The number of anilines is 5. The van der Waals surface area contributed by atoms with Crippen molar-refractivity contribution in [3.8, 4) is 33.4 Å². The van der Waals surface area contributed by atoms with Gasteiger partial charge in [-0.1, -0.05) is 164 Å². The Bertz CT molecular complexity index is 3500. The quantitative estimate of drug-likeness (QED) is 0.167. The minimum absolute atomic E-state index is 0.0200. The molecule has 69 heavy (non-hydrogen) atoms. The maximum Gasteiger partial charge on any atom is 0.197 e. The van der Waals surface area contributed by atoms with Crippen molar-refractivity contribution in [1.82, 2.24) is 0 Å². The summed E-state index contributed by atoms with van der Waals surface area (Å²) >= 11 is 1.94. The molecular weight excluding hydrogens is 852 g/mol. The van der Waals surface area contributed by atoms with Gasteiger partial charge in [-0.2, -0.15) is 0 Å². The molecule has 1 aromatic heterocycles. The van der Waals surface area contributed by atoms with Gasteiger partial charge in [-0.25, -0.2) is 0 Å². The first-order chi connectivity index (χ1) is 33.1. The van der Waals surface area contributed by atoms with Crippen LogP contribution in [-0.2, 0) is 21.7 Å². The molecule has 0 fully saturated rings. The van der Waals surface area contributed by atoms with E-state index < -0.39 is 0 Å². The molecule has 3 aliphatic rings. The monoisotopic (exact) mass is 913 g/mol. The van der Waals surface area contributed by atoms with Crippen LogP contribution in [0.3, 0.4) is 0 Å². The van der Waals surface area contributed by atoms with Crippen LogP contribution in [0, 0.1) is 6.92 Å². The topological polar surface area (TPSA) is 15.3 Å². The van der Waals surface area contributed by atoms with Crippen molar-refractivity contribution >= 4 is 78.2 Å². The lowest BCUT2D eigenvalue weighted by molar-refractivity contribution is 0.332. The Morgan fingerprint density at radius 1 is 0.478 bits per heavy atom. The highest BCUT2D eigenvalue weighted by molar-refractivity contribution is 7.26. The Hall–Kier alpha value is -6.36. The lowest BCUT2D eigenvalue weighted by Crippen LogP contribution is -2.44. The van der Waals surface area contributed by atoms with Crippen LogP contribution < -0.4 is 21.1 Å². The van der Waals surface area contributed by atoms with Crippen LogP contribution in [0.25, 0.3) is 53.6 Å². The van der Waals surface area contributed by atoms with E-state index in [1.54, 1.807) is 0 Å². The van der Waals surface area contributed by atoms with E-state index in [1.807, 2.05) is 11.3 Å². The first-order valence-corrected chi connectivity index (χ1v) is 26.0. The van der Waals surface area contributed by atoms with Gasteiger partial charge in [0.2, 0.25) is 0 Å². The van der Waals surface area contributed by atoms with Gasteiger partial charge in [0, 0.05) is 43.8 Å². The molecular formula is C65H62BN2S. The number of fused-ring (bicyclic) bond motifs is 8. The Kier molecular flexibility index (Phi) is 10.1. The van der Waals surface area contributed by atoms with Crippen LogP contribution in [0.1, 0.15) is 109 Å². The van der Waals surface area contributed by atoms with Crippen molar-refractivity contribution in [1.29, 1.82) is 0 Å². The van der Waals surface area contributed by atoms with Crippen LogP contribution in [0.5, 0.6) is 0 Å². The maximum absolute atomic E-state index is 4.08. The Morgan fingerprint density at radius 2 is 1.01 bits per heavy atom. The first kappa shape index (κ1) is 43.9. The van der Waals surface area contributed by atoms with Crippen molar-refractivity contribution in [3.63, 3.8) is 0 Å². The number of hydrogen-bond acceptors (Lipinski definition) is 3. The maximum atomic E-state index is 4.08. The fraction of sp³-hybridized carbons (Fsp3) is 0.262. The molecule has 0 atom stereocenters. The number of thiophene rings is 1. The zero-order valence-corrected chi connectivity index (χ0v) is 42.6. The number of nitrogens with zero attached hydrogens (tertiary/aromatic N) is 1. The molecule has 0 unspecified atom stereocenters. The first-order valence-electron chi connectivity index (χ1n) is 25.2. The van der Waals surface area contributed by atoms with E-state index in [0.29, 0.717) is 0 Å². The number of hydrogen-bond donors (Lipinski definition) is 1. The summed E-state index contributed by atoms with van der Waals surface area (Å²) in [6, 6.07) is 59.6. The molecule has 0 saturated heterocycles. The smallest absolute Gasteiger partial charge is 0.197 e. The summed E-state index contributed by atoms with van der Waals surface area (Å²) in [5.74, 6) is 0. The Morgan fingerprint density at radius 3 is 1.65 bits per heavy atom. The fourth-order valence-electron chi connectivity index (χ4n) is 12.1. The lowest BCUT2D eigenvalue weighted by atomic mass is 9.55. The highest BCUT2D eigenvalue weighted by Gasteiger charge is 2.42. The Balaban J connectivity index is 1.16. The minimum Gasteiger partial charge on any atom is -0.355 e. The number of aryl methyl sites for hydroxylation is 1. The average molecular weight is 914 g/mol. The van der Waals surface area contributed by atoms with Gasteiger partial charge in [0.15, 0.2) is 7.28 Å².